The van der Waals surface area contributed by atoms with Gasteiger partial charge in [-0.2, -0.15) is 9.48 Å². The molecule has 1 unspecified atom stereocenters. The van der Waals surface area contributed by atoms with Crippen LogP contribution in [0.2, 0.25) is 5.02 Å². The quantitative estimate of drug-likeness (QED) is 0.820. The Morgan fingerprint density at radius 1 is 1.29 bits per heavy atom. The fourth-order valence-electron chi connectivity index (χ4n) is 2.56. The van der Waals surface area contributed by atoms with Gasteiger partial charge in [-0.25, -0.2) is 4.79 Å². The van der Waals surface area contributed by atoms with Crippen LogP contribution >= 0.6 is 11.6 Å². The predicted molar refractivity (Wildman–Crippen MR) is 88.3 cm³/mol. The standard InChI is InChI=1S/C16H13ClN4O3/c1-20-13-12(15(23)21(2)16(20)24)11(7-8-18-13)19-14(22)9-3-5-10(17)6-4-9/h3-8,12H,1-2H3/p+1. The third kappa shape index (κ3) is 2.63. The number of dihydropyridines is 1. The van der Waals surface area contributed by atoms with Crippen LogP contribution in [0.5, 0.6) is 0 Å². The van der Waals surface area contributed by atoms with Crippen molar-refractivity contribution in [1.29, 1.82) is 0 Å². The summed E-state index contributed by atoms with van der Waals surface area (Å²) in [5.74, 6) is -1.34. The van der Waals surface area contributed by atoms with E-state index in [0.29, 0.717) is 16.3 Å². The highest BCUT2D eigenvalue weighted by molar-refractivity contribution is 6.30. The summed E-state index contributed by atoms with van der Waals surface area (Å²) >= 11 is 5.81. The molecule has 122 valence electrons. The number of hydrogen-bond acceptors (Lipinski definition) is 4. The number of nitrogens with one attached hydrogen (secondary N) is 1. The number of allylic oxidation sites excluding steroid dienone is 1. The first-order valence-electron chi connectivity index (χ1n) is 7.13. The number of urea groups is 1. The maximum atomic E-state index is 12.5. The third-order valence-electron chi connectivity index (χ3n) is 3.89. The Bertz CT molecular complexity index is 839. The summed E-state index contributed by atoms with van der Waals surface area (Å²) in [5, 5.41) is 3.25. The minimum absolute atomic E-state index is 0.289. The van der Waals surface area contributed by atoms with Gasteiger partial charge in [0, 0.05) is 16.3 Å². The van der Waals surface area contributed by atoms with Crippen molar-refractivity contribution in [2.75, 3.05) is 14.1 Å². The zero-order valence-electron chi connectivity index (χ0n) is 13.0. The molecule has 0 saturated heterocycles. The molecule has 7 nitrogen and oxygen atoms in total. The molecular weight excluding hydrogens is 332 g/mol. The highest BCUT2D eigenvalue weighted by atomic mass is 35.5. The number of rotatable bonds is 2. The molecule has 1 atom stereocenters. The fourth-order valence-corrected chi connectivity index (χ4v) is 2.68. The molecule has 0 aliphatic carbocycles. The molecule has 0 bridgehead atoms. The van der Waals surface area contributed by atoms with Crippen molar-refractivity contribution in [2.24, 2.45) is 10.9 Å². The molecule has 24 heavy (non-hydrogen) atoms. The summed E-state index contributed by atoms with van der Waals surface area (Å²) in [6, 6.07) is 5.93. The first kappa shape index (κ1) is 16.1. The van der Waals surface area contributed by atoms with Crippen LogP contribution in [-0.2, 0) is 4.79 Å². The van der Waals surface area contributed by atoms with E-state index in [-0.39, 0.29) is 11.7 Å². The van der Waals surface area contributed by atoms with Crippen molar-refractivity contribution in [1.82, 2.24) is 10.2 Å². The van der Waals surface area contributed by atoms with Gasteiger partial charge in [0.2, 0.25) is 0 Å². The molecule has 1 N–H and O–H groups in total. The first-order valence-corrected chi connectivity index (χ1v) is 7.51. The van der Waals surface area contributed by atoms with E-state index in [9.17, 15) is 14.4 Å². The lowest BCUT2D eigenvalue weighted by atomic mass is 9.97. The van der Waals surface area contributed by atoms with Gasteiger partial charge in [0.15, 0.2) is 5.92 Å². The summed E-state index contributed by atoms with van der Waals surface area (Å²) in [5.41, 5.74) is 0.779. The molecule has 1 aromatic rings. The van der Waals surface area contributed by atoms with Crippen molar-refractivity contribution in [3.8, 4) is 0 Å². The molecule has 0 spiro atoms. The summed E-state index contributed by atoms with van der Waals surface area (Å²) < 4.78 is 1.30. The molecular formula is C16H14ClN4O3+. The van der Waals surface area contributed by atoms with Crippen LogP contribution in [0.25, 0.3) is 0 Å². The van der Waals surface area contributed by atoms with Crippen LogP contribution in [0, 0.1) is 5.92 Å². The molecule has 4 amide bonds. The summed E-state index contributed by atoms with van der Waals surface area (Å²) in [4.78, 5) is 42.0. The van der Waals surface area contributed by atoms with Crippen molar-refractivity contribution >= 4 is 41.5 Å². The van der Waals surface area contributed by atoms with Gasteiger partial charge in [0.25, 0.3) is 11.7 Å². The summed E-state index contributed by atoms with van der Waals surface area (Å²) in [6.07, 6.45) is 3.00. The average Bonchev–Trinajstić information content (AvgIpc) is 2.58. The lowest BCUT2D eigenvalue weighted by Gasteiger charge is -2.26. The van der Waals surface area contributed by atoms with Gasteiger partial charge in [-0.3, -0.25) is 9.59 Å². The zero-order chi connectivity index (χ0) is 17.4. The summed E-state index contributed by atoms with van der Waals surface area (Å²) in [6.45, 7) is 0. The number of halogens is 1. The number of nitrogens with zero attached hydrogens (tertiary/aromatic N) is 3. The van der Waals surface area contributed by atoms with E-state index >= 15 is 0 Å². The number of hydrogen-bond donors (Lipinski definition) is 1. The van der Waals surface area contributed by atoms with Crippen LogP contribution in [0.4, 0.5) is 4.79 Å². The SMILES string of the molecule is CN1C(=O)C2C(NC(=O)c3ccc(Cl)cc3)=CC=NC2=[N+](C)C1=O. The van der Waals surface area contributed by atoms with Gasteiger partial charge in [-0.05, 0) is 30.3 Å². The van der Waals surface area contributed by atoms with E-state index < -0.39 is 17.9 Å². The Balaban J connectivity index is 1.91. The number of amides is 4. The largest absolute Gasteiger partial charge is 0.445 e. The molecule has 2 aliphatic rings. The number of amidine groups is 1. The van der Waals surface area contributed by atoms with Gasteiger partial charge in [0.05, 0.1) is 14.1 Å². The molecule has 2 aliphatic heterocycles. The second-order valence-electron chi connectivity index (χ2n) is 5.39. The molecule has 0 fully saturated rings. The van der Waals surface area contributed by atoms with E-state index in [1.165, 1.54) is 24.9 Å². The third-order valence-corrected chi connectivity index (χ3v) is 4.14. The molecule has 0 radical (unpaired) electrons. The second-order valence-corrected chi connectivity index (χ2v) is 5.83. The number of carbonyl (C=O) groups is 3. The van der Waals surface area contributed by atoms with E-state index in [2.05, 4.69) is 10.3 Å². The second kappa shape index (κ2) is 6.01. The highest BCUT2D eigenvalue weighted by Gasteiger charge is 2.47. The fraction of sp³-hybridized carbons (Fsp3) is 0.188. The van der Waals surface area contributed by atoms with E-state index in [1.807, 2.05) is 0 Å². The number of imide groups is 1. The smallest absolute Gasteiger partial charge is 0.324 e. The monoisotopic (exact) mass is 345 g/mol. The Kier molecular flexibility index (Phi) is 4.02. The zero-order valence-corrected chi connectivity index (χ0v) is 13.7. The van der Waals surface area contributed by atoms with Crippen LogP contribution in [0.3, 0.4) is 0 Å². The van der Waals surface area contributed by atoms with Crippen LogP contribution < -0.4 is 5.32 Å². The first-order chi connectivity index (χ1) is 11.4. The number of benzene rings is 1. The molecule has 0 aromatic heterocycles. The van der Waals surface area contributed by atoms with Crippen molar-refractivity contribution < 1.29 is 19.0 Å². The van der Waals surface area contributed by atoms with Crippen molar-refractivity contribution in [3.63, 3.8) is 0 Å². The maximum Gasteiger partial charge on any atom is 0.445 e. The van der Waals surface area contributed by atoms with Crippen molar-refractivity contribution in [2.45, 2.75) is 0 Å². The van der Waals surface area contributed by atoms with Crippen LogP contribution in [0.1, 0.15) is 10.4 Å². The Hall–Kier alpha value is -2.80. The lowest BCUT2D eigenvalue weighted by molar-refractivity contribution is -0.407. The van der Waals surface area contributed by atoms with E-state index in [4.69, 9.17) is 11.6 Å². The normalized spacial score (nSPS) is 20.0. The molecule has 1 aromatic carbocycles. The molecule has 0 saturated carbocycles. The Labute approximate surface area is 142 Å². The number of carbonyl (C=O) groups excluding carboxylic acids is 3. The van der Waals surface area contributed by atoms with E-state index in [0.717, 1.165) is 4.90 Å². The highest BCUT2D eigenvalue weighted by Crippen LogP contribution is 2.22. The average molecular weight is 346 g/mol. The van der Waals surface area contributed by atoms with Gasteiger partial charge in [-0.1, -0.05) is 11.6 Å². The van der Waals surface area contributed by atoms with Crippen LogP contribution in [-0.4, -0.2) is 53.5 Å². The lowest BCUT2D eigenvalue weighted by Crippen LogP contribution is -2.54. The topological polar surface area (TPSA) is 81.8 Å². The predicted octanol–water partition coefficient (Wildman–Crippen LogP) is 1.29. The molecule has 2 heterocycles. The summed E-state index contributed by atoms with van der Waals surface area (Å²) in [7, 11) is 2.93. The van der Waals surface area contributed by atoms with Gasteiger partial charge >= 0.3 is 11.9 Å². The minimum Gasteiger partial charge on any atom is -0.324 e. The molecule has 3 rings (SSSR count). The minimum atomic E-state index is -0.820. The molecule has 8 heteroatoms. The van der Waals surface area contributed by atoms with Crippen molar-refractivity contribution in [3.05, 3.63) is 46.6 Å². The van der Waals surface area contributed by atoms with Gasteiger partial charge in [-0.15, -0.1) is 4.99 Å². The van der Waals surface area contributed by atoms with Gasteiger partial charge in [0.1, 0.15) is 6.21 Å². The number of aliphatic imine (C=N–C) groups is 1. The maximum absolute atomic E-state index is 12.5. The van der Waals surface area contributed by atoms with Crippen LogP contribution in [0.15, 0.2) is 41.0 Å². The Morgan fingerprint density at radius 3 is 2.62 bits per heavy atom. The Morgan fingerprint density at radius 2 is 1.96 bits per heavy atom. The van der Waals surface area contributed by atoms with Gasteiger partial charge < -0.3 is 5.32 Å². The van der Waals surface area contributed by atoms with E-state index in [1.54, 1.807) is 30.3 Å². The number of fused-ring (bicyclic) bond motifs is 1.